The molecule has 1 saturated heterocycles. The van der Waals surface area contributed by atoms with E-state index in [1.807, 2.05) is 82.6 Å². The van der Waals surface area contributed by atoms with Gasteiger partial charge in [-0.05, 0) is 36.4 Å². The summed E-state index contributed by atoms with van der Waals surface area (Å²) in [5.74, 6) is 1.01. The first-order chi connectivity index (χ1) is 14.4. The van der Waals surface area contributed by atoms with Crippen LogP contribution in [0.25, 0.3) is 16.7 Å². The highest BCUT2D eigenvalue weighted by Gasteiger charge is 2.17. The van der Waals surface area contributed by atoms with E-state index in [4.69, 9.17) is 0 Å². The third-order valence-corrected chi connectivity index (χ3v) is 4.97. The molecule has 0 saturated carbocycles. The van der Waals surface area contributed by atoms with Gasteiger partial charge in [-0.2, -0.15) is 0 Å². The Morgan fingerprint density at radius 2 is 1.59 bits per heavy atom. The van der Waals surface area contributed by atoms with Gasteiger partial charge >= 0.3 is 0 Å². The van der Waals surface area contributed by atoms with Crippen LogP contribution >= 0.6 is 0 Å². The molecule has 144 valence electrons. The van der Waals surface area contributed by atoms with E-state index in [0.29, 0.717) is 0 Å². The smallest absolute Gasteiger partial charge is 0.128 e. The highest BCUT2D eigenvalue weighted by molar-refractivity contribution is 5.77. The van der Waals surface area contributed by atoms with Gasteiger partial charge in [-0.1, -0.05) is 40.8 Å². The standard InChI is InChI=1S/C21H20N8/c1-3-9-19(29-20-10-4-2-8-18(20)24-26-29)17(7-1)23-25-28-15-13-27(14-16-28)21-11-5-6-12-22-21/h1-12H,13-16H2/b25-23+. The Kier molecular flexibility index (Phi) is 4.57. The summed E-state index contributed by atoms with van der Waals surface area (Å²) >= 11 is 0. The molecule has 3 heterocycles. The summed E-state index contributed by atoms with van der Waals surface area (Å²) in [6.07, 6.45) is 1.83. The van der Waals surface area contributed by atoms with Crippen LogP contribution in [0.1, 0.15) is 0 Å². The highest BCUT2D eigenvalue weighted by atomic mass is 15.6. The van der Waals surface area contributed by atoms with Crippen molar-refractivity contribution in [3.63, 3.8) is 0 Å². The fourth-order valence-corrected chi connectivity index (χ4v) is 3.44. The van der Waals surface area contributed by atoms with Gasteiger partial charge in [0.15, 0.2) is 0 Å². The minimum absolute atomic E-state index is 0.760. The molecule has 5 rings (SSSR count). The number of para-hydroxylation sites is 2. The van der Waals surface area contributed by atoms with Gasteiger partial charge in [0.2, 0.25) is 0 Å². The lowest BCUT2D eigenvalue weighted by Crippen LogP contribution is -2.44. The normalized spacial score (nSPS) is 14.8. The maximum absolute atomic E-state index is 4.52. The first kappa shape index (κ1) is 17.3. The summed E-state index contributed by atoms with van der Waals surface area (Å²) in [6.45, 7) is 3.33. The summed E-state index contributed by atoms with van der Waals surface area (Å²) in [4.78, 5) is 6.69. The van der Waals surface area contributed by atoms with Crippen LogP contribution in [0.5, 0.6) is 0 Å². The third kappa shape index (κ3) is 3.52. The SMILES string of the molecule is c1ccc(N2CCN(/N=N/c3ccccc3-n3nnc4ccccc43)CC2)nc1. The first-order valence-electron chi connectivity index (χ1n) is 9.61. The molecular weight excluding hydrogens is 364 g/mol. The van der Waals surface area contributed by atoms with Crippen molar-refractivity contribution in [1.82, 2.24) is 25.0 Å². The van der Waals surface area contributed by atoms with Crippen LogP contribution in [-0.4, -0.2) is 51.2 Å². The molecule has 8 nitrogen and oxygen atoms in total. The number of anilines is 1. The van der Waals surface area contributed by atoms with E-state index in [1.165, 1.54) is 0 Å². The van der Waals surface area contributed by atoms with Crippen LogP contribution in [0.4, 0.5) is 11.5 Å². The van der Waals surface area contributed by atoms with E-state index in [9.17, 15) is 0 Å². The number of hydrogen-bond acceptors (Lipinski definition) is 6. The number of piperazine rings is 1. The first-order valence-corrected chi connectivity index (χ1v) is 9.61. The molecule has 4 aromatic rings. The molecule has 0 spiro atoms. The zero-order valence-corrected chi connectivity index (χ0v) is 15.8. The van der Waals surface area contributed by atoms with E-state index in [-0.39, 0.29) is 0 Å². The summed E-state index contributed by atoms with van der Waals surface area (Å²) < 4.78 is 1.81. The van der Waals surface area contributed by atoms with E-state index in [1.54, 1.807) is 0 Å². The minimum Gasteiger partial charge on any atom is -0.353 e. The number of rotatable bonds is 4. The maximum Gasteiger partial charge on any atom is 0.128 e. The lowest BCUT2D eigenvalue weighted by molar-refractivity contribution is 0.253. The van der Waals surface area contributed by atoms with Crippen LogP contribution in [0.15, 0.2) is 83.3 Å². The van der Waals surface area contributed by atoms with Gasteiger partial charge < -0.3 is 4.90 Å². The Hall–Kier alpha value is -3.81. The number of fused-ring (bicyclic) bond motifs is 1. The lowest BCUT2D eigenvalue weighted by Gasteiger charge is -2.33. The maximum atomic E-state index is 4.52. The topological polar surface area (TPSA) is 74.8 Å². The second-order valence-corrected chi connectivity index (χ2v) is 6.80. The van der Waals surface area contributed by atoms with E-state index in [2.05, 4.69) is 30.5 Å². The summed E-state index contributed by atoms with van der Waals surface area (Å²) in [5, 5.41) is 19.5. The fourth-order valence-electron chi connectivity index (χ4n) is 3.44. The van der Waals surface area contributed by atoms with Crippen LogP contribution in [0, 0.1) is 0 Å². The molecule has 8 heteroatoms. The van der Waals surface area contributed by atoms with Gasteiger partial charge in [0.1, 0.15) is 17.0 Å². The molecule has 0 bridgehead atoms. The molecule has 0 radical (unpaired) electrons. The Balaban J connectivity index is 1.34. The minimum atomic E-state index is 0.760. The lowest BCUT2D eigenvalue weighted by atomic mass is 10.2. The average molecular weight is 384 g/mol. The summed E-state index contributed by atoms with van der Waals surface area (Å²) in [6, 6.07) is 21.7. The Morgan fingerprint density at radius 1 is 0.793 bits per heavy atom. The van der Waals surface area contributed by atoms with Crippen molar-refractivity contribution in [2.24, 2.45) is 10.3 Å². The molecular formula is C21H20N8. The van der Waals surface area contributed by atoms with Crippen LogP contribution in [0.2, 0.25) is 0 Å². The molecule has 1 aliphatic heterocycles. The van der Waals surface area contributed by atoms with Crippen molar-refractivity contribution >= 4 is 22.5 Å². The van der Waals surface area contributed by atoms with Gasteiger partial charge in [0.05, 0.1) is 24.3 Å². The molecule has 0 aliphatic carbocycles. The van der Waals surface area contributed by atoms with Gasteiger partial charge in [-0.25, -0.2) is 9.67 Å². The Bertz CT molecular complexity index is 1130. The zero-order chi connectivity index (χ0) is 19.5. The second kappa shape index (κ2) is 7.67. The van der Waals surface area contributed by atoms with Crippen molar-refractivity contribution in [2.75, 3.05) is 31.1 Å². The van der Waals surface area contributed by atoms with Crippen molar-refractivity contribution in [1.29, 1.82) is 0 Å². The van der Waals surface area contributed by atoms with Crippen molar-refractivity contribution < 1.29 is 0 Å². The average Bonchev–Trinajstić information content (AvgIpc) is 3.23. The van der Waals surface area contributed by atoms with E-state index < -0.39 is 0 Å². The van der Waals surface area contributed by atoms with Crippen LogP contribution in [-0.2, 0) is 0 Å². The van der Waals surface area contributed by atoms with Crippen LogP contribution in [0.3, 0.4) is 0 Å². The molecule has 2 aromatic heterocycles. The number of aromatic nitrogens is 4. The molecule has 0 unspecified atom stereocenters. The van der Waals surface area contributed by atoms with Crippen molar-refractivity contribution in [3.8, 4) is 5.69 Å². The molecule has 1 fully saturated rings. The zero-order valence-electron chi connectivity index (χ0n) is 15.8. The van der Waals surface area contributed by atoms with Crippen molar-refractivity contribution in [2.45, 2.75) is 0 Å². The predicted octanol–water partition coefficient (Wildman–Crippen LogP) is 3.64. The fraction of sp³-hybridized carbons (Fsp3) is 0.190. The highest BCUT2D eigenvalue weighted by Crippen LogP contribution is 2.26. The van der Waals surface area contributed by atoms with E-state index >= 15 is 0 Å². The number of benzene rings is 2. The summed E-state index contributed by atoms with van der Waals surface area (Å²) in [7, 11) is 0. The second-order valence-electron chi connectivity index (χ2n) is 6.80. The number of nitrogens with zero attached hydrogens (tertiary/aromatic N) is 8. The monoisotopic (exact) mass is 384 g/mol. The summed E-state index contributed by atoms with van der Waals surface area (Å²) in [5.41, 5.74) is 3.41. The van der Waals surface area contributed by atoms with E-state index in [0.717, 1.165) is 54.4 Å². The molecule has 2 aromatic carbocycles. The largest absolute Gasteiger partial charge is 0.353 e. The molecule has 1 aliphatic rings. The van der Waals surface area contributed by atoms with Gasteiger partial charge in [0, 0.05) is 19.3 Å². The molecule has 0 N–H and O–H groups in total. The van der Waals surface area contributed by atoms with Gasteiger partial charge in [-0.3, -0.25) is 5.01 Å². The Morgan fingerprint density at radius 3 is 2.45 bits per heavy atom. The Labute approximate surface area is 168 Å². The number of pyridine rings is 1. The van der Waals surface area contributed by atoms with Gasteiger partial charge in [-0.15, -0.1) is 10.2 Å². The number of hydrogen-bond donors (Lipinski definition) is 0. The van der Waals surface area contributed by atoms with Crippen molar-refractivity contribution in [3.05, 3.63) is 72.9 Å². The molecule has 0 atom stereocenters. The van der Waals surface area contributed by atoms with Gasteiger partial charge in [0.25, 0.3) is 0 Å². The molecule has 0 amide bonds. The quantitative estimate of drug-likeness (QED) is 0.502. The third-order valence-electron chi connectivity index (χ3n) is 4.97. The predicted molar refractivity (Wildman–Crippen MR) is 111 cm³/mol. The van der Waals surface area contributed by atoms with Crippen LogP contribution < -0.4 is 4.90 Å². The molecule has 29 heavy (non-hydrogen) atoms.